The van der Waals surface area contributed by atoms with Gasteiger partial charge in [-0.2, -0.15) is 0 Å². The number of phenolic OH excluding ortho intramolecular Hbond substituents is 1. The highest BCUT2D eigenvalue weighted by molar-refractivity contribution is 6.00. The number of ether oxygens (including phenoxy) is 2. The van der Waals surface area contributed by atoms with Crippen molar-refractivity contribution in [1.29, 1.82) is 0 Å². The van der Waals surface area contributed by atoms with Crippen LogP contribution in [0.5, 0.6) is 11.5 Å². The van der Waals surface area contributed by atoms with Gasteiger partial charge in [-0.05, 0) is 29.5 Å². The molecule has 1 aromatic carbocycles. The highest BCUT2D eigenvalue weighted by atomic mass is 16.5. The summed E-state index contributed by atoms with van der Waals surface area (Å²) in [6, 6.07) is 4.87. The predicted octanol–water partition coefficient (Wildman–Crippen LogP) is 3.03. The van der Waals surface area contributed by atoms with Gasteiger partial charge in [0.15, 0.2) is 17.3 Å². The molecule has 2 aliphatic rings. The molecule has 0 spiro atoms. The summed E-state index contributed by atoms with van der Waals surface area (Å²) in [6.45, 7) is 8.12. The van der Waals surface area contributed by atoms with Crippen LogP contribution in [0.15, 0.2) is 41.7 Å². The van der Waals surface area contributed by atoms with Crippen molar-refractivity contribution in [3.05, 3.63) is 47.3 Å². The van der Waals surface area contributed by atoms with Crippen molar-refractivity contribution >= 4 is 11.8 Å². The van der Waals surface area contributed by atoms with Crippen molar-refractivity contribution in [1.82, 2.24) is 5.32 Å². The number of phenols is 1. The molecule has 1 aliphatic carbocycles. The van der Waals surface area contributed by atoms with Gasteiger partial charge in [0, 0.05) is 29.3 Å². The monoisotopic (exact) mass is 371 g/mol. The molecular weight excluding hydrogens is 346 g/mol. The normalized spacial score (nSPS) is 24.1. The van der Waals surface area contributed by atoms with E-state index in [0.29, 0.717) is 29.7 Å². The SMILES string of the molecule is C=C1NC2=C(C(=O)CC(C)(C)C2)C(c2ccc(O)c(OC)c2)C1C(=O)OC. The molecule has 2 atom stereocenters. The zero-order valence-corrected chi connectivity index (χ0v) is 16.1. The van der Waals surface area contributed by atoms with Gasteiger partial charge in [0.2, 0.25) is 0 Å². The number of hydrogen-bond acceptors (Lipinski definition) is 6. The van der Waals surface area contributed by atoms with Crippen LogP contribution < -0.4 is 10.1 Å². The molecule has 0 saturated heterocycles. The van der Waals surface area contributed by atoms with Crippen LogP contribution in [0.25, 0.3) is 0 Å². The molecule has 27 heavy (non-hydrogen) atoms. The largest absolute Gasteiger partial charge is 0.504 e. The van der Waals surface area contributed by atoms with Crippen molar-refractivity contribution < 1.29 is 24.2 Å². The minimum Gasteiger partial charge on any atom is -0.504 e. The Morgan fingerprint density at radius 2 is 2.00 bits per heavy atom. The molecule has 2 unspecified atom stereocenters. The molecule has 144 valence electrons. The Morgan fingerprint density at radius 3 is 2.63 bits per heavy atom. The Balaban J connectivity index is 2.21. The Morgan fingerprint density at radius 1 is 1.30 bits per heavy atom. The number of Topliss-reactive ketones (excluding diaryl/α,β-unsaturated/α-hetero) is 1. The summed E-state index contributed by atoms with van der Waals surface area (Å²) in [6.07, 6.45) is 1.09. The highest BCUT2D eigenvalue weighted by Crippen LogP contribution is 2.49. The molecule has 0 bridgehead atoms. The molecule has 0 radical (unpaired) electrons. The van der Waals surface area contributed by atoms with E-state index in [2.05, 4.69) is 11.9 Å². The third-order valence-corrected chi connectivity index (χ3v) is 5.27. The number of ketones is 1. The quantitative estimate of drug-likeness (QED) is 0.795. The molecular formula is C21H25NO5. The Labute approximate surface area is 158 Å². The molecule has 1 aliphatic heterocycles. The molecule has 0 fully saturated rings. The zero-order chi connectivity index (χ0) is 19.9. The zero-order valence-electron chi connectivity index (χ0n) is 16.1. The standard InChI is InChI=1S/C21H25NO5/c1-11-17(20(25)27-5)18(12-6-7-14(23)16(8-12)26-4)19-13(22-11)9-21(2,3)10-15(19)24/h6-8,17-18,22-23H,1,9-10H2,2-5H3. The lowest BCUT2D eigenvalue weighted by Gasteiger charge is -2.42. The fourth-order valence-corrected chi connectivity index (χ4v) is 4.10. The first-order chi connectivity index (χ1) is 12.7. The Kier molecular flexibility index (Phi) is 4.76. The molecule has 3 rings (SSSR count). The minimum absolute atomic E-state index is 0.00561. The second-order valence-electron chi connectivity index (χ2n) is 7.89. The average Bonchev–Trinajstić information content (AvgIpc) is 2.59. The summed E-state index contributed by atoms with van der Waals surface area (Å²) in [5.74, 6) is -1.46. The van der Waals surface area contributed by atoms with Gasteiger partial charge in [-0.3, -0.25) is 9.59 Å². The summed E-state index contributed by atoms with van der Waals surface area (Å²) in [4.78, 5) is 25.6. The van der Waals surface area contributed by atoms with E-state index in [9.17, 15) is 14.7 Å². The van der Waals surface area contributed by atoms with Gasteiger partial charge in [0.05, 0.1) is 14.2 Å². The first kappa shape index (κ1) is 19.0. The summed E-state index contributed by atoms with van der Waals surface area (Å²) in [7, 11) is 2.77. The second kappa shape index (κ2) is 6.76. The van der Waals surface area contributed by atoms with Crippen molar-refractivity contribution in [3.8, 4) is 11.5 Å². The first-order valence-electron chi connectivity index (χ1n) is 8.85. The van der Waals surface area contributed by atoms with Crippen molar-refractivity contribution in [2.75, 3.05) is 14.2 Å². The van der Waals surface area contributed by atoms with Crippen LogP contribution in [0.3, 0.4) is 0 Å². The number of carbonyl (C=O) groups is 2. The van der Waals surface area contributed by atoms with Crippen molar-refractivity contribution in [3.63, 3.8) is 0 Å². The number of carbonyl (C=O) groups excluding carboxylic acids is 2. The van der Waals surface area contributed by atoms with Crippen LogP contribution in [0.2, 0.25) is 0 Å². The molecule has 6 nitrogen and oxygen atoms in total. The summed E-state index contributed by atoms with van der Waals surface area (Å²) >= 11 is 0. The molecule has 2 N–H and O–H groups in total. The Hall–Kier alpha value is -2.76. The van der Waals surface area contributed by atoms with Crippen LogP contribution in [0, 0.1) is 11.3 Å². The molecule has 6 heteroatoms. The van der Waals surface area contributed by atoms with Gasteiger partial charge in [-0.1, -0.05) is 26.5 Å². The summed E-state index contributed by atoms with van der Waals surface area (Å²) in [5.41, 5.74) is 2.42. The van der Waals surface area contributed by atoms with E-state index in [0.717, 1.165) is 5.70 Å². The van der Waals surface area contributed by atoms with E-state index in [1.807, 2.05) is 13.8 Å². The van der Waals surface area contributed by atoms with Crippen LogP contribution in [-0.4, -0.2) is 31.1 Å². The third-order valence-electron chi connectivity index (χ3n) is 5.27. The maximum absolute atomic E-state index is 13.1. The number of nitrogens with one attached hydrogen (secondary N) is 1. The van der Waals surface area contributed by atoms with E-state index in [1.54, 1.807) is 12.1 Å². The van der Waals surface area contributed by atoms with Crippen LogP contribution in [-0.2, 0) is 14.3 Å². The lowest BCUT2D eigenvalue weighted by atomic mass is 9.66. The maximum atomic E-state index is 13.1. The van der Waals surface area contributed by atoms with Gasteiger partial charge >= 0.3 is 5.97 Å². The van der Waals surface area contributed by atoms with E-state index in [4.69, 9.17) is 9.47 Å². The van der Waals surface area contributed by atoms with Gasteiger partial charge < -0.3 is 19.9 Å². The van der Waals surface area contributed by atoms with E-state index in [1.165, 1.54) is 20.3 Å². The van der Waals surface area contributed by atoms with Gasteiger partial charge in [-0.25, -0.2) is 0 Å². The van der Waals surface area contributed by atoms with Crippen LogP contribution in [0.4, 0.5) is 0 Å². The van der Waals surface area contributed by atoms with E-state index >= 15 is 0 Å². The first-order valence-corrected chi connectivity index (χ1v) is 8.85. The van der Waals surface area contributed by atoms with Crippen molar-refractivity contribution in [2.45, 2.75) is 32.6 Å². The number of esters is 1. The summed E-state index contributed by atoms with van der Waals surface area (Å²) < 4.78 is 10.2. The second-order valence-corrected chi connectivity index (χ2v) is 7.89. The summed E-state index contributed by atoms with van der Waals surface area (Å²) in [5, 5.41) is 13.1. The highest BCUT2D eigenvalue weighted by Gasteiger charge is 2.46. The van der Waals surface area contributed by atoms with Gasteiger partial charge in [0.25, 0.3) is 0 Å². The molecule has 1 aromatic rings. The number of methoxy groups -OCH3 is 2. The number of allylic oxidation sites excluding steroid dienone is 2. The topological polar surface area (TPSA) is 84.9 Å². The molecule has 1 heterocycles. The van der Waals surface area contributed by atoms with Crippen molar-refractivity contribution in [2.24, 2.45) is 11.3 Å². The number of hydrogen-bond donors (Lipinski definition) is 2. The van der Waals surface area contributed by atoms with Gasteiger partial charge in [-0.15, -0.1) is 0 Å². The van der Waals surface area contributed by atoms with Crippen LogP contribution >= 0.6 is 0 Å². The number of aromatic hydroxyl groups is 1. The fourth-order valence-electron chi connectivity index (χ4n) is 4.10. The van der Waals surface area contributed by atoms with E-state index < -0.39 is 17.8 Å². The smallest absolute Gasteiger partial charge is 0.315 e. The average molecular weight is 371 g/mol. The number of rotatable bonds is 3. The lowest BCUT2D eigenvalue weighted by molar-refractivity contribution is -0.144. The molecule has 0 amide bonds. The third kappa shape index (κ3) is 3.31. The van der Waals surface area contributed by atoms with Crippen LogP contribution in [0.1, 0.15) is 38.2 Å². The molecule has 0 saturated carbocycles. The Bertz CT molecular complexity index is 852. The lowest BCUT2D eigenvalue weighted by Crippen LogP contribution is -2.43. The predicted molar refractivity (Wildman–Crippen MR) is 100 cm³/mol. The number of benzene rings is 1. The fraction of sp³-hybridized carbons (Fsp3) is 0.429. The minimum atomic E-state index is -0.742. The van der Waals surface area contributed by atoms with E-state index in [-0.39, 0.29) is 22.7 Å². The van der Waals surface area contributed by atoms with Gasteiger partial charge in [0.1, 0.15) is 5.92 Å². The maximum Gasteiger partial charge on any atom is 0.315 e. The molecule has 0 aromatic heterocycles.